The average Bonchev–Trinajstić information content (AvgIpc) is 2.54. The minimum absolute atomic E-state index is 0.0142. The molecule has 0 saturated carbocycles. The molecule has 6 heteroatoms. The van der Waals surface area contributed by atoms with Crippen molar-refractivity contribution in [1.82, 2.24) is 4.98 Å². The van der Waals surface area contributed by atoms with Crippen LogP contribution in [0.2, 0.25) is 0 Å². The Morgan fingerprint density at radius 3 is 2.29 bits per heavy atom. The van der Waals surface area contributed by atoms with Gasteiger partial charge in [-0.1, -0.05) is 12.1 Å². The quantitative estimate of drug-likeness (QED) is 0.764. The second-order valence-corrected chi connectivity index (χ2v) is 5.03. The third-order valence-corrected chi connectivity index (χ3v) is 3.53. The van der Waals surface area contributed by atoms with Crippen molar-refractivity contribution in [2.75, 3.05) is 5.73 Å². The molecule has 0 amide bonds. The molecule has 118 valence electrons. The maximum atomic E-state index is 14.1. The van der Waals surface area contributed by atoms with Crippen molar-refractivity contribution >= 4 is 5.82 Å². The van der Waals surface area contributed by atoms with Crippen LogP contribution in [-0.4, -0.2) is 4.98 Å². The minimum Gasteiger partial charge on any atom is -0.383 e. The smallest absolute Gasteiger partial charge is 0.142 e. The molecule has 0 unspecified atom stereocenters. The third kappa shape index (κ3) is 2.68. The summed E-state index contributed by atoms with van der Waals surface area (Å²) in [5, 5.41) is 9.28. The van der Waals surface area contributed by atoms with Crippen LogP contribution in [0.15, 0.2) is 48.5 Å². The minimum atomic E-state index is -0.850. The molecule has 0 fully saturated rings. The molecule has 0 aliphatic rings. The normalized spacial score (nSPS) is 10.4. The number of pyridine rings is 1. The number of nitrogens with two attached hydrogens (primary N) is 1. The van der Waals surface area contributed by atoms with Gasteiger partial charge in [-0.3, -0.25) is 0 Å². The average molecular weight is 325 g/mol. The lowest BCUT2D eigenvalue weighted by Crippen LogP contribution is -2.01. The Labute approximate surface area is 135 Å². The summed E-state index contributed by atoms with van der Waals surface area (Å²) in [4.78, 5) is 4.03. The summed E-state index contributed by atoms with van der Waals surface area (Å²) in [6.45, 7) is 0. The van der Waals surface area contributed by atoms with Gasteiger partial charge in [-0.25, -0.2) is 18.2 Å². The van der Waals surface area contributed by atoms with Crippen molar-refractivity contribution in [3.63, 3.8) is 0 Å². The van der Waals surface area contributed by atoms with Gasteiger partial charge in [-0.2, -0.15) is 5.26 Å². The van der Waals surface area contributed by atoms with Gasteiger partial charge in [0.15, 0.2) is 0 Å². The second-order valence-electron chi connectivity index (χ2n) is 5.03. The number of nitrogens with zero attached hydrogens (tertiary/aromatic N) is 2. The molecule has 0 saturated heterocycles. The molecule has 1 aromatic heterocycles. The maximum Gasteiger partial charge on any atom is 0.142 e. The van der Waals surface area contributed by atoms with E-state index in [4.69, 9.17) is 5.73 Å². The summed E-state index contributed by atoms with van der Waals surface area (Å²) in [5.74, 6) is -2.28. The highest BCUT2D eigenvalue weighted by Crippen LogP contribution is 2.33. The van der Waals surface area contributed by atoms with Crippen molar-refractivity contribution in [2.45, 2.75) is 0 Å². The molecule has 0 aliphatic heterocycles. The van der Waals surface area contributed by atoms with Gasteiger partial charge in [-0.15, -0.1) is 0 Å². The molecular weight excluding hydrogens is 315 g/mol. The Balaban J connectivity index is 2.29. The van der Waals surface area contributed by atoms with Crippen molar-refractivity contribution in [3.8, 4) is 28.5 Å². The Hall–Kier alpha value is -3.33. The number of halogens is 3. The first-order valence-corrected chi connectivity index (χ1v) is 6.92. The highest BCUT2D eigenvalue weighted by atomic mass is 19.1. The molecule has 0 bridgehead atoms. The van der Waals surface area contributed by atoms with Crippen LogP contribution in [-0.2, 0) is 0 Å². The van der Waals surface area contributed by atoms with Gasteiger partial charge in [0.25, 0.3) is 0 Å². The lowest BCUT2D eigenvalue weighted by Gasteiger charge is -2.11. The number of aromatic nitrogens is 1. The van der Waals surface area contributed by atoms with E-state index >= 15 is 0 Å². The summed E-state index contributed by atoms with van der Waals surface area (Å²) in [6, 6.07) is 12.1. The molecule has 1 heterocycles. The van der Waals surface area contributed by atoms with Crippen molar-refractivity contribution < 1.29 is 13.2 Å². The SMILES string of the molecule is N#Cc1c(-c2ccc(F)cc2F)cc(-c2ccccc2F)nc1N. The Morgan fingerprint density at radius 1 is 0.875 bits per heavy atom. The number of rotatable bonds is 2. The summed E-state index contributed by atoms with van der Waals surface area (Å²) in [6.07, 6.45) is 0. The highest BCUT2D eigenvalue weighted by Gasteiger charge is 2.17. The van der Waals surface area contributed by atoms with E-state index in [1.165, 1.54) is 30.3 Å². The number of hydrogen-bond acceptors (Lipinski definition) is 3. The number of anilines is 1. The Bertz CT molecular complexity index is 978. The van der Waals surface area contributed by atoms with Gasteiger partial charge < -0.3 is 5.73 Å². The van der Waals surface area contributed by atoms with Crippen molar-refractivity contribution in [1.29, 1.82) is 5.26 Å². The summed E-state index contributed by atoms with van der Waals surface area (Å²) < 4.78 is 41.2. The van der Waals surface area contributed by atoms with E-state index in [-0.39, 0.29) is 33.8 Å². The fourth-order valence-electron chi connectivity index (χ4n) is 2.41. The molecule has 3 nitrogen and oxygen atoms in total. The fraction of sp³-hybridized carbons (Fsp3) is 0. The number of benzene rings is 2. The third-order valence-electron chi connectivity index (χ3n) is 3.53. The summed E-state index contributed by atoms with van der Waals surface area (Å²) in [5.41, 5.74) is 6.16. The van der Waals surface area contributed by atoms with Gasteiger partial charge >= 0.3 is 0 Å². The first-order chi connectivity index (χ1) is 11.5. The van der Waals surface area contributed by atoms with Crippen LogP contribution in [0.1, 0.15) is 5.56 Å². The van der Waals surface area contributed by atoms with E-state index in [1.807, 2.05) is 6.07 Å². The first-order valence-electron chi connectivity index (χ1n) is 6.92. The molecule has 3 aromatic rings. The van der Waals surface area contributed by atoms with E-state index in [0.717, 1.165) is 6.07 Å². The standard InChI is InChI=1S/C18H10F3N3/c19-10-5-6-11(16(21)7-10)13-8-17(24-18(23)14(13)9-22)12-3-1-2-4-15(12)20/h1-8H,(H2,23,24). The summed E-state index contributed by atoms with van der Waals surface area (Å²) >= 11 is 0. The number of hydrogen-bond donors (Lipinski definition) is 1. The van der Waals surface area contributed by atoms with Crippen LogP contribution in [0, 0.1) is 28.8 Å². The monoisotopic (exact) mass is 325 g/mol. The molecule has 2 N–H and O–H groups in total. The number of nitrogen functional groups attached to an aromatic ring is 1. The topological polar surface area (TPSA) is 62.7 Å². The van der Waals surface area contributed by atoms with E-state index in [0.29, 0.717) is 6.07 Å². The molecule has 0 spiro atoms. The zero-order valence-corrected chi connectivity index (χ0v) is 12.2. The van der Waals surface area contributed by atoms with Gasteiger partial charge in [0.1, 0.15) is 34.9 Å². The first kappa shape index (κ1) is 15.6. The second kappa shape index (κ2) is 6.05. The van der Waals surface area contributed by atoms with Crippen molar-refractivity contribution in [2.24, 2.45) is 0 Å². The van der Waals surface area contributed by atoms with Gasteiger partial charge in [0, 0.05) is 22.8 Å². The van der Waals surface area contributed by atoms with Crippen LogP contribution in [0.5, 0.6) is 0 Å². The largest absolute Gasteiger partial charge is 0.383 e. The fourth-order valence-corrected chi connectivity index (χ4v) is 2.41. The molecule has 0 radical (unpaired) electrons. The van der Waals surface area contributed by atoms with Crippen LogP contribution < -0.4 is 5.73 Å². The van der Waals surface area contributed by atoms with Crippen molar-refractivity contribution in [3.05, 3.63) is 71.5 Å². The lowest BCUT2D eigenvalue weighted by molar-refractivity contribution is 0.585. The molecule has 0 atom stereocenters. The molecule has 24 heavy (non-hydrogen) atoms. The van der Waals surface area contributed by atoms with Crippen LogP contribution in [0.3, 0.4) is 0 Å². The van der Waals surface area contributed by atoms with E-state index in [2.05, 4.69) is 4.98 Å². The van der Waals surface area contributed by atoms with Gasteiger partial charge in [-0.05, 0) is 30.3 Å². The van der Waals surface area contributed by atoms with E-state index in [1.54, 1.807) is 6.07 Å². The predicted octanol–water partition coefficient (Wildman–Crippen LogP) is 4.29. The summed E-state index contributed by atoms with van der Waals surface area (Å²) in [7, 11) is 0. The zero-order valence-electron chi connectivity index (χ0n) is 12.2. The molecule has 2 aromatic carbocycles. The zero-order chi connectivity index (χ0) is 17.3. The molecule has 0 aliphatic carbocycles. The maximum absolute atomic E-state index is 14.1. The van der Waals surface area contributed by atoms with E-state index in [9.17, 15) is 18.4 Å². The van der Waals surface area contributed by atoms with E-state index < -0.39 is 17.5 Å². The van der Waals surface area contributed by atoms with Crippen LogP contribution >= 0.6 is 0 Å². The predicted molar refractivity (Wildman–Crippen MR) is 84.1 cm³/mol. The van der Waals surface area contributed by atoms with Crippen LogP contribution in [0.4, 0.5) is 19.0 Å². The lowest BCUT2D eigenvalue weighted by atomic mass is 9.98. The Kier molecular flexibility index (Phi) is 3.92. The van der Waals surface area contributed by atoms with Gasteiger partial charge in [0.05, 0.1) is 5.69 Å². The number of nitriles is 1. The molecular formula is C18H10F3N3. The highest BCUT2D eigenvalue weighted by molar-refractivity contribution is 5.80. The molecule has 3 rings (SSSR count). The van der Waals surface area contributed by atoms with Gasteiger partial charge in [0.2, 0.25) is 0 Å². The van der Waals surface area contributed by atoms with Crippen LogP contribution in [0.25, 0.3) is 22.4 Å². The Morgan fingerprint density at radius 2 is 1.62 bits per heavy atom.